The Hall–Kier alpha value is -3.00. The maximum absolute atomic E-state index is 13.5. The Morgan fingerprint density at radius 3 is 2.61 bits per heavy atom. The third kappa shape index (κ3) is 4.12. The summed E-state index contributed by atoms with van der Waals surface area (Å²) in [5, 5.41) is 4.58. The first kappa shape index (κ1) is 21.2. The summed E-state index contributed by atoms with van der Waals surface area (Å²) in [6.45, 7) is 9.28. The van der Waals surface area contributed by atoms with Crippen LogP contribution in [0.1, 0.15) is 68.1 Å². The van der Waals surface area contributed by atoms with Crippen LogP contribution in [0.25, 0.3) is 0 Å². The van der Waals surface area contributed by atoms with Gasteiger partial charge in [-0.1, -0.05) is 28.6 Å². The standard InChI is InChI=1S/C23H25N3O4S/c1-12-7-6-8-19(13(12)2)29-11-18-16(5)30-25-20(18)22(28)26(17-9-10-17)23-24-14(3)21(31-23)15(4)27/h6-8,17H,9-11H2,1-5H3. The van der Waals surface area contributed by atoms with Gasteiger partial charge in [0, 0.05) is 13.0 Å². The van der Waals surface area contributed by atoms with E-state index in [0.29, 0.717) is 27.0 Å². The molecule has 1 amide bonds. The summed E-state index contributed by atoms with van der Waals surface area (Å²) >= 11 is 1.25. The van der Waals surface area contributed by atoms with Crippen LogP contribution in [0.4, 0.5) is 5.13 Å². The van der Waals surface area contributed by atoms with Crippen LogP contribution < -0.4 is 9.64 Å². The van der Waals surface area contributed by atoms with E-state index in [1.165, 1.54) is 18.3 Å². The number of ketones is 1. The molecule has 3 aromatic rings. The summed E-state index contributed by atoms with van der Waals surface area (Å²) in [5.41, 5.74) is 3.68. The molecule has 7 nitrogen and oxygen atoms in total. The molecular formula is C23H25N3O4S. The number of ether oxygens (including phenoxy) is 1. The number of amides is 1. The Morgan fingerprint density at radius 1 is 1.23 bits per heavy atom. The van der Waals surface area contributed by atoms with E-state index in [4.69, 9.17) is 9.26 Å². The van der Waals surface area contributed by atoms with Gasteiger partial charge in [0.15, 0.2) is 16.6 Å². The first-order chi connectivity index (χ1) is 14.8. The smallest absolute Gasteiger partial charge is 0.282 e. The number of hydrogen-bond acceptors (Lipinski definition) is 7. The molecule has 1 saturated carbocycles. The number of anilines is 1. The van der Waals surface area contributed by atoms with Crippen molar-refractivity contribution >= 4 is 28.2 Å². The number of aryl methyl sites for hydroxylation is 3. The van der Waals surface area contributed by atoms with Gasteiger partial charge < -0.3 is 9.26 Å². The molecule has 1 aliphatic carbocycles. The quantitative estimate of drug-likeness (QED) is 0.484. The predicted octanol–water partition coefficient (Wildman–Crippen LogP) is 4.96. The molecule has 1 fully saturated rings. The Labute approximate surface area is 185 Å². The largest absolute Gasteiger partial charge is 0.488 e. The lowest BCUT2D eigenvalue weighted by molar-refractivity contribution is 0.0972. The molecule has 0 aliphatic heterocycles. The minimum absolute atomic E-state index is 0.0515. The zero-order valence-corrected chi connectivity index (χ0v) is 19.1. The predicted molar refractivity (Wildman–Crippen MR) is 118 cm³/mol. The molecule has 31 heavy (non-hydrogen) atoms. The fraction of sp³-hybridized carbons (Fsp3) is 0.391. The van der Waals surface area contributed by atoms with Crippen molar-refractivity contribution in [2.75, 3.05) is 4.90 Å². The average Bonchev–Trinajstić information content (AvgIpc) is 3.37. The number of benzene rings is 1. The highest BCUT2D eigenvalue weighted by Gasteiger charge is 2.39. The Kier molecular flexibility index (Phi) is 5.66. The topological polar surface area (TPSA) is 85.5 Å². The van der Waals surface area contributed by atoms with Crippen molar-refractivity contribution < 1.29 is 18.8 Å². The van der Waals surface area contributed by atoms with Crippen molar-refractivity contribution in [2.45, 2.75) is 60.1 Å². The lowest BCUT2D eigenvalue weighted by atomic mass is 10.1. The van der Waals surface area contributed by atoms with E-state index in [1.54, 1.807) is 18.7 Å². The van der Waals surface area contributed by atoms with E-state index in [1.807, 2.05) is 32.0 Å². The highest BCUT2D eigenvalue weighted by atomic mass is 32.1. The van der Waals surface area contributed by atoms with Crippen LogP contribution in [0.15, 0.2) is 22.7 Å². The molecule has 2 aromatic heterocycles. The number of nitrogens with zero attached hydrogens (tertiary/aromatic N) is 3. The van der Waals surface area contributed by atoms with E-state index >= 15 is 0 Å². The molecule has 0 saturated heterocycles. The van der Waals surface area contributed by atoms with Crippen LogP contribution in [-0.2, 0) is 6.61 Å². The summed E-state index contributed by atoms with van der Waals surface area (Å²) in [7, 11) is 0. The summed E-state index contributed by atoms with van der Waals surface area (Å²) in [5.74, 6) is 0.982. The number of Topliss-reactive ketones (excluding diaryl/α,β-unsaturated/α-hetero) is 1. The van der Waals surface area contributed by atoms with Crippen molar-refractivity contribution in [3.63, 3.8) is 0 Å². The van der Waals surface area contributed by atoms with Crippen molar-refractivity contribution in [1.82, 2.24) is 10.1 Å². The van der Waals surface area contributed by atoms with Crippen LogP contribution in [0.3, 0.4) is 0 Å². The van der Waals surface area contributed by atoms with Gasteiger partial charge in [0.05, 0.1) is 16.1 Å². The van der Waals surface area contributed by atoms with Gasteiger partial charge in [-0.2, -0.15) is 0 Å². The number of thiazole rings is 1. The van der Waals surface area contributed by atoms with Crippen molar-refractivity contribution in [2.24, 2.45) is 0 Å². The van der Waals surface area contributed by atoms with Crippen LogP contribution in [-0.4, -0.2) is 27.9 Å². The van der Waals surface area contributed by atoms with Gasteiger partial charge in [-0.25, -0.2) is 4.98 Å². The first-order valence-electron chi connectivity index (χ1n) is 10.2. The number of carbonyl (C=O) groups is 2. The highest BCUT2D eigenvalue weighted by molar-refractivity contribution is 7.17. The van der Waals surface area contributed by atoms with E-state index in [-0.39, 0.29) is 30.0 Å². The Balaban J connectivity index is 1.63. The molecule has 1 aromatic carbocycles. The molecule has 2 heterocycles. The van der Waals surface area contributed by atoms with Gasteiger partial charge in [-0.05, 0) is 57.7 Å². The average molecular weight is 440 g/mol. The molecular weight excluding hydrogens is 414 g/mol. The van der Waals surface area contributed by atoms with E-state index in [2.05, 4.69) is 10.1 Å². The maximum atomic E-state index is 13.5. The molecule has 0 atom stereocenters. The molecule has 8 heteroatoms. The maximum Gasteiger partial charge on any atom is 0.282 e. The van der Waals surface area contributed by atoms with E-state index in [0.717, 1.165) is 29.7 Å². The minimum atomic E-state index is -0.275. The van der Waals surface area contributed by atoms with Crippen molar-refractivity contribution in [1.29, 1.82) is 0 Å². The minimum Gasteiger partial charge on any atom is -0.488 e. The summed E-state index contributed by atoms with van der Waals surface area (Å²) in [6, 6.07) is 5.93. The summed E-state index contributed by atoms with van der Waals surface area (Å²) in [6.07, 6.45) is 1.79. The van der Waals surface area contributed by atoms with Gasteiger partial charge in [-0.3, -0.25) is 14.5 Å². The third-order valence-electron chi connectivity index (χ3n) is 5.56. The molecule has 0 unspecified atom stereocenters. The van der Waals surface area contributed by atoms with Gasteiger partial charge in [0.2, 0.25) is 0 Å². The lowest BCUT2D eigenvalue weighted by Gasteiger charge is -2.18. The fourth-order valence-corrected chi connectivity index (χ4v) is 4.46. The second-order valence-electron chi connectivity index (χ2n) is 7.93. The van der Waals surface area contributed by atoms with E-state index < -0.39 is 0 Å². The van der Waals surface area contributed by atoms with Crippen LogP contribution in [0.5, 0.6) is 5.75 Å². The number of aromatic nitrogens is 2. The second-order valence-corrected chi connectivity index (χ2v) is 8.90. The van der Waals surface area contributed by atoms with Gasteiger partial charge in [0.1, 0.15) is 18.1 Å². The number of rotatable bonds is 7. The van der Waals surface area contributed by atoms with Gasteiger partial charge in [-0.15, -0.1) is 0 Å². The zero-order chi connectivity index (χ0) is 22.3. The molecule has 4 rings (SSSR count). The van der Waals surface area contributed by atoms with Gasteiger partial charge >= 0.3 is 0 Å². The van der Waals surface area contributed by atoms with E-state index in [9.17, 15) is 9.59 Å². The Bertz CT molecular complexity index is 1160. The highest BCUT2D eigenvalue weighted by Crippen LogP contribution is 2.37. The second kappa shape index (κ2) is 8.26. The third-order valence-corrected chi connectivity index (χ3v) is 6.81. The van der Waals surface area contributed by atoms with Crippen molar-refractivity contribution in [3.05, 3.63) is 56.9 Å². The first-order valence-corrected chi connectivity index (χ1v) is 11.1. The molecule has 0 bridgehead atoms. The molecule has 0 spiro atoms. The molecule has 0 radical (unpaired) electrons. The number of carbonyl (C=O) groups excluding carboxylic acids is 2. The monoisotopic (exact) mass is 439 g/mol. The summed E-state index contributed by atoms with van der Waals surface area (Å²) < 4.78 is 11.4. The van der Waals surface area contributed by atoms with Crippen molar-refractivity contribution in [3.8, 4) is 5.75 Å². The lowest BCUT2D eigenvalue weighted by Crippen LogP contribution is -2.34. The normalized spacial score (nSPS) is 13.3. The van der Waals surface area contributed by atoms with Crippen LogP contribution in [0.2, 0.25) is 0 Å². The molecule has 0 N–H and O–H groups in total. The molecule has 1 aliphatic rings. The van der Waals surface area contributed by atoms with Gasteiger partial charge in [0.25, 0.3) is 5.91 Å². The fourth-order valence-electron chi connectivity index (χ4n) is 3.43. The zero-order valence-electron chi connectivity index (χ0n) is 18.3. The number of hydrogen-bond donors (Lipinski definition) is 0. The summed E-state index contributed by atoms with van der Waals surface area (Å²) in [4.78, 5) is 32.1. The molecule has 162 valence electrons. The SMILES string of the molecule is CC(=O)c1sc(N(C(=O)c2noc(C)c2COc2cccc(C)c2C)C2CC2)nc1C. The van der Waals surface area contributed by atoms with Crippen LogP contribution in [0, 0.1) is 27.7 Å². The Morgan fingerprint density at radius 2 is 1.97 bits per heavy atom. The van der Waals surface area contributed by atoms with Crippen LogP contribution >= 0.6 is 11.3 Å².